The van der Waals surface area contributed by atoms with E-state index in [1.807, 2.05) is 41.5 Å². The number of hydrogen-bond acceptors (Lipinski definition) is 20. The molecular weight excluding hydrogens is 788 g/mol. The lowest BCUT2D eigenvalue weighted by Crippen LogP contribution is -2.46. The number of aliphatic hydroxyl groups is 1. The van der Waals surface area contributed by atoms with Gasteiger partial charge in [-0.2, -0.15) is 0 Å². The zero-order valence-corrected chi connectivity index (χ0v) is 34.4. The maximum Gasteiger partial charge on any atom is 0.508 e. The molecule has 0 radical (unpaired) electrons. The van der Waals surface area contributed by atoms with Gasteiger partial charge >= 0.3 is 18.3 Å². The van der Waals surface area contributed by atoms with Gasteiger partial charge in [-0.15, -0.1) is 0 Å². The van der Waals surface area contributed by atoms with Crippen molar-refractivity contribution in [3.8, 4) is 0 Å². The van der Waals surface area contributed by atoms with E-state index in [9.17, 15) is 24.3 Å². The van der Waals surface area contributed by atoms with E-state index < -0.39 is 101 Å². The van der Waals surface area contributed by atoms with Crippen molar-refractivity contribution in [1.82, 2.24) is 0 Å². The third kappa shape index (κ3) is 9.95. The predicted octanol–water partition coefficient (Wildman–Crippen LogP) is 2.40. The third-order valence-electron chi connectivity index (χ3n) is 10.1. The highest BCUT2D eigenvalue weighted by Gasteiger charge is 2.62. The largest absolute Gasteiger partial charge is 0.508 e. The average molecular weight is 841 g/mol. The molecule has 1 N–H and O–H groups in total. The number of cyclic esters (lactones) is 4. The highest BCUT2D eigenvalue weighted by atomic mass is 35.5. The van der Waals surface area contributed by atoms with Crippen molar-refractivity contribution in [2.45, 2.75) is 154 Å². The summed E-state index contributed by atoms with van der Waals surface area (Å²) >= 11 is 5.24. The molecule has 0 saturated carbocycles. The van der Waals surface area contributed by atoms with Crippen LogP contribution in [0.1, 0.15) is 69.2 Å². The molecule has 324 valence electrons. The van der Waals surface area contributed by atoms with Crippen molar-refractivity contribution in [3.63, 3.8) is 0 Å². The minimum atomic E-state index is -1.13. The Bertz CT molecular complexity index is 1510. The van der Waals surface area contributed by atoms with Gasteiger partial charge in [-0.3, -0.25) is 9.59 Å². The van der Waals surface area contributed by atoms with Crippen LogP contribution in [0.4, 0.5) is 9.59 Å². The quantitative estimate of drug-likeness (QED) is 0.238. The summed E-state index contributed by atoms with van der Waals surface area (Å²) in [5.41, 5.74) is -2.01. The van der Waals surface area contributed by atoms with Gasteiger partial charge in [0.2, 0.25) is 11.5 Å². The molecule has 20 nitrogen and oxygen atoms in total. The number of fused-ring (bicyclic) bond motifs is 2. The first-order valence-electron chi connectivity index (χ1n) is 18.6. The van der Waals surface area contributed by atoms with E-state index in [1.165, 1.54) is 0 Å². The van der Waals surface area contributed by atoms with Crippen LogP contribution in [0.5, 0.6) is 0 Å². The van der Waals surface area contributed by atoms with E-state index >= 15 is 0 Å². The molecule has 0 aromatic rings. The Balaban J connectivity index is 0.000000161. The van der Waals surface area contributed by atoms with E-state index in [1.54, 1.807) is 27.7 Å². The van der Waals surface area contributed by atoms with Gasteiger partial charge in [0, 0.05) is 0 Å². The van der Waals surface area contributed by atoms with Crippen LogP contribution in [0.3, 0.4) is 0 Å². The van der Waals surface area contributed by atoms with Crippen LogP contribution in [-0.4, -0.2) is 153 Å². The molecular formula is C36H53ClO20. The molecule has 0 aromatic carbocycles. The van der Waals surface area contributed by atoms with E-state index in [0.717, 1.165) is 0 Å². The number of halogens is 1. The van der Waals surface area contributed by atoms with Crippen LogP contribution in [0.2, 0.25) is 0 Å². The monoisotopic (exact) mass is 840 g/mol. The van der Waals surface area contributed by atoms with Crippen LogP contribution >= 0.6 is 11.6 Å². The van der Waals surface area contributed by atoms with E-state index in [2.05, 4.69) is 9.47 Å². The van der Waals surface area contributed by atoms with Crippen molar-refractivity contribution in [3.05, 3.63) is 0 Å². The Labute approximate surface area is 334 Å². The first-order valence-corrected chi connectivity index (χ1v) is 19.0. The number of carbonyl (C=O) groups is 4. The molecule has 0 spiro atoms. The fourth-order valence-corrected chi connectivity index (χ4v) is 7.27. The molecule has 57 heavy (non-hydrogen) atoms. The van der Waals surface area contributed by atoms with Crippen molar-refractivity contribution < 1.29 is 95.3 Å². The third-order valence-corrected chi connectivity index (χ3v) is 10.6. The Kier molecular flexibility index (Phi) is 12.3. The molecule has 0 bridgehead atoms. The maximum atomic E-state index is 12.7. The van der Waals surface area contributed by atoms with Crippen molar-refractivity contribution in [2.24, 2.45) is 10.8 Å². The van der Waals surface area contributed by atoms with Gasteiger partial charge in [-0.05, 0) is 80.8 Å². The topological polar surface area (TPSA) is 227 Å². The number of ether oxygens (including phenoxy) is 15. The lowest BCUT2D eigenvalue weighted by Gasteiger charge is -2.32. The molecule has 21 heteroatoms. The Morgan fingerprint density at radius 1 is 0.561 bits per heavy atom. The van der Waals surface area contributed by atoms with Gasteiger partial charge in [0.25, 0.3) is 0 Å². The summed E-state index contributed by atoms with van der Waals surface area (Å²) in [6, 6.07) is 0. The highest BCUT2D eigenvalue weighted by Crippen LogP contribution is 2.44. The summed E-state index contributed by atoms with van der Waals surface area (Å²) in [6.45, 7) is 18.2. The van der Waals surface area contributed by atoms with Gasteiger partial charge in [0.05, 0.1) is 13.2 Å². The van der Waals surface area contributed by atoms with Crippen LogP contribution in [-0.2, 0) is 80.6 Å². The molecule has 8 heterocycles. The van der Waals surface area contributed by atoms with Crippen LogP contribution in [0.15, 0.2) is 0 Å². The summed E-state index contributed by atoms with van der Waals surface area (Å²) < 4.78 is 81.9. The lowest BCUT2D eigenvalue weighted by molar-refractivity contribution is -0.249. The van der Waals surface area contributed by atoms with Gasteiger partial charge in [0.1, 0.15) is 80.0 Å². The van der Waals surface area contributed by atoms with Gasteiger partial charge in [0.15, 0.2) is 35.5 Å². The summed E-state index contributed by atoms with van der Waals surface area (Å²) in [5.74, 6) is -3.52. The fourth-order valence-electron chi connectivity index (χ4n) is 7.17. The molecule has 0 aromatic heterocycles. The molecule has 10 atom stereocenters. The van der Waals surface area contributed by atoms with E-state index in [0.29, 0.717) is 13.2 Å². The molecule has 0 aliphatic carbocycles. The minimum absolute atomic E-state index is 0.00579. The molecule has 8 aliphatic heterocycles. The first kappa shape index (κ1) is 44.1. The van der Waals surface area contributed by atoms with Crippen molar-refractivity contribution >= 4 is 35.1 Å². The van der Waals surface area contributed by atoms with Crippen LogP contribution < -0.4 is 0 Å². The first-order chi connectivity index (χ1) is 26.3. The second kappa shape index (κ2) is 15.9. The normalized spacial score (nSPS) is 39.7. The molecule has 8 saturated heterocycles. The van der Waals surface area contributed by atoms with Crippen LogP contribution in [0, 0.1) is 10.8 Å². The van der Waals surface area contributed by atoms with Crippen LogP contribution in [0.25, 0.3) is 0 Å². The maximum absolute atomic E-state index is 12.7. The number of hydrogen-bond donors (Lipinski definition) is 1. The second-order valence-corrected chi connectivity index (χ2v) is 17.6. The summed E-state index contributed by atoms with van der Waals surface area (Å²) in [7, 11) is 0. The second-order valence-electron chi connectivity index (χ2n) is 17.3. The van der Waals surface area contributed by atoms with Gasteiger partial charge < -0.3 is 76.2 Å². The molecule has 8 aliphatic rings. The molecule has 0 amide bonds. The van der Waals surface area contributed by atoms with Crippen molar-refractivity contribution in [1.29, 1.82) is 0 Å². The minimum Gasteiger partial charge on any atom is -0.433 e. The Hall–Kier alpha value is -2.47. The smallest absolute Gasteiger partial charge is 0.433 e. The molecule has 4 unspecified atom stereocenters. The average Bonchev–Trinajstić information content (AvgIpc) is 3.94. The summed E-state index contributed by atoms with van der Waals surface area (Å²) in [4.78, 5) is 44.9. The number of rotatable bonds is 5. The highest BCUT2D eigenvalue weighted by molar-refractivity contribution is 6.64. The number of aliphatic hydroxyl groups excluding tert-OH is 1. The zero-order chi connectivity index (χ0) is 41.9. The molecule has 8 fully saturated rings. The number of esters is 1. The fraction of sp³-hybridized carbons (Fsp3) is 0.889. The lowest BCUT2D eigenvalue weighted by atomic mass is 9.92. The SMILES string of the molecule is CC1(C(=O)Cl)COC(=O)OC1.CC1(C)OCC([C@H]2OC(O)[C@H]3OC(C)(C)O[C@H]32)O1.CC1(C)OCC([C@H]2OC(OC(=O)C3(C)COC(=O)OC3)[C@H]3OC(C)(C)O[C@@H]23)O1. The molecule has 8 rings (SSSR count). The standard InChI is InChI=1S/C18H26O10.C12H20O6.C6H7ClO4/c1-16(2)23-6-9(26-16)10-11-12(28-17(3,4)27-11)13(24-10)25-14(19)18(5)7-21-15(20)22-8-18;1-11(2)14-5-6(16-11)7-8-9(10(13)15-7)18-12(3,4)17-8;1-6(4(7)8)2-10-5(9)11-3-6/h9-13H,6-8H2,1-5H3;6-10,13H,5H2,1-4H3;2-3H2,1H3/t9?,10-,11+,12+,13?;6?,7-,8+,9+,10?;/m11./s1. The van der Waals surface area contributed by atoms with E-state index in [4.69, 9.17) is 73.2 Å². The summed E-state index contributed by atoms with van der Waals surface area (Å²) in [6.07, 6.45) is -6.95. The van der Waals surface area contributed by atoms with Gasteiger partial charge in [-0.25, -0.2) is 9.59 Å². The summed E-state index contributed by atoms with van der Waals surface area (Å²) in [5, 5.41) is 9.32. The Morgan fingerprint density at radius 2 is 0.965 bits per heavy atom. The number of carbonyl (C=O) groups excluding carboxylic acids is 4. The van der Waals surface area contributed by atoms with E-state index in [-0.39, 0.29) is 44.7 Å². The zero-order valence-electron chi connectivity index (χ0n) is 33.6. The Morgan fingerprint density at radius 3 is 1.40 bits per heavy atom. The predicted molar refractivity (Wildman–Crippen MR) is 185 cm³/mol. The van der Waals surface area contributed by atoms with Crippen molar-refractivity contribution in [2.75, 3.05) is 39.6 Å². The van der Waals surface area contributed by atoms with Gasteiger partial charge in [-0.1, -0.05) is 0 Å².